The van der Waals surface area contributed by atoms with Gasteiger partial charge >= 0.3 is 0 Å². The van der Waals surface area contributed by atoms with E-state index in [1.54, 1.807) is 21.3 Å². The van der Waals surface area contributed by atoms with Crippen LogP contribution in [-0.4, -0.2) is 59.7 Å². The van der Waals surface area contributed by atoms with Crippen molar-refractivity contribution in [1.29, 1.82) is 0 Å². The lowest BCUT2D eigenvalue weighted by atomic mass is 10.2. The highest BCUT2D eigenvalue weighted by molar-refractivity contribution is 5.79. The molecule has 1 aromatic rings. The van der Waals surface area contributed by atoms with Crippen molar-refractivity contribution in [1.82, 2.24) is 10.6 Å². The summed E-state index contributed by atoms with van der Waals surface area (Å²) in [7, 11) is 5.05. The predicted molar refractivity (Wildman–Crippen MR) is 97.5 cm³/mol. The molecule has 1 aromatic carbocycles. The van der Waals surface area contributed by atoms with E-state index in [2.05, 4.69) is 15.6 Å². The summed E-state index contributed by atoms with van der Waals surface area (Å²) in [6.07, 6.45) is 2.18. The third-order valence-corrected chi connectivity index (χ3v) is 4.02. The van der Waals surface area contributed by atoms with E-state index in [-0.39, 0.29) is 6.10 Å². The zero-order valence-corrected chi connectivity index (χ0v) is 15.3. The van der Waals surface area contributed by atoms with Crippen molar-refractivity contribution in [3.8, 4) is 11.5 Å². The minimum absolute atomic E-state index is 0.264. The van der Waals surface area contributed by atoms with Gasteiger partial charge in [0.2, 0.25) is 0 Å². The fourth-order valence-electron chi connectivity index (χ4n) is 2.57. The highest BCUT2D eigenvalue weighted by Gasteiger charge is 2.15. The van der Waals surface area contributed by atoms with Gasteiger partial charge in [0.25, 0.3) is 0 Å². The largest absolute Gasteiger partial charge is 0.497 e. The molecule has 1 fully saturated rings. The molecule has 0 aliphatic carbocycles. The van der Waals surface area contributed by atoms with E-state index in [1.165, 1.54) is 0 Å². The monoisotopic (exact) mass is 351 g/mol. The molecule has 0 bridgehead atoms. The fraction of sp³-hybridized carbons (Fsp3) is 0.611. The molecule has 140 valence electrons. The Labute approximate surface area is 149 Å². The van der Waals surface area contributed by atoms with Gasteiger partial charge in [-0.15, -0.1) is 0 Å². The van der Waals surface area contributed by atoms with Crippen LogP contribution in [0.5, 0.6) is 11.5 Å². The molecule has 1 unspecified atom stereocenters. The van der Waals surface area contributed by atoms with Gasteiger partial charge in [-0.1, -0.05) is 0 Å². The number of guanidine groups is 1. The highest BCUT2D eigenvalue weighted by Crippen LogP contribution is 2.24. The first-order chi connectivity index (χ1) is 12.3. The van der Waals surface area contributed by atoms with Crippen LogP contribution in [0, 0.1) is 0 Å². The first-order valence-electron chi connectivity index (χ1n) is 8.61. The van der Waals surface area contributed by atoms with Crippen molar-refractivity contribution in [3.63, 3.8) is 0 Å². The molecule has 0 amide bonds. The van der Waals surface area contributed by atoms with E-state index in [0.29, 0.717) is 6.54 Å². The Kier molecular flexibility index (Phi) is 8.34. The molecular weight excluding hydrogens is 322 g/mol. The smallest absolute Gasteiger partial charge is 0.191 e. The molecule has 1 saturated heterocycles. The van der Waals surface area contributed by atoms with Gasteiger partial charge in [-0.05, 0) is 25.0 Å². The number of nitrogens with one attached hydrogen (secondary N) is 2. The minimum Gasteiger partial charge on any atom is -0.497 e. The maximum Gasteiger partial charge on any atom is 0.191 e. The molecule has 1 atom stereocenters. The number of benzene rings is 1. The summed E-state index contributed by atoms with van der Waals surface area (Å²) in [5.41, 5.74) is 1.04. The standard InChI is InChI=1S/C18H29N3O4/c1-19-18(20-8-4-9-25-16-7-10-24-13-16)21-12-14-5-6-15(22-2)11-17(14)23-3/h5-6,11,16H,4,7-10,12-13H2,1-3H3,(H2,19,20,21). The van der Waals surface area contributed by atoms with Gasteiger partial charge in [-0.3, -0.25) is 4.99 Å². The SMILES string of the molecule is CN=C(NCCCOC1CCOC1)NCc1ccc(OC)cc1OC. The van der Waals surface area contributed by atoms with Gasteiger partial charge in [0.1, 0.15) is 11.5 Å². The van der Waals surface area contributed by atoms with Crippen molar-refractivity contribution in [3.05, 3.63) is 23.8 Å². The average Bonchev–Trinajstić information content (AvgIpc) is 3.17. The second kappa shape index (κ2) is 10.8. The van der Waals surface area contributed by atoms with E-state index in [9.17, 15) is 0 Å². The number of ether oxygens (including phenoxy) is 4. The van der Waals surface area contributed by atoms with Crippen LogP contribution in [0.1, 0.15) is 18.4 Å². The lowest BCUT2D eigenvalue weighted by molar-refractivity contribution is 0.0420. The fourth-order valence-corrected chi connectivity index (χ4v) is 2.57. The Morgan fingerprint density at radius 3 is 2.84 bits per heavy atom. The van der Waals surface area contributed by atoms with Crippen molar-refractivity contribution in [2.75, 3.05) is 47.6 Å². The molecule has 7 nitrogen and oxygen atoms in total. The lowest BCUT2D eigenvalue weighted by Gasteiger charge is -2.15. The van der Waals surface area contributed by atoms with Gasteiger partial charge in [-0.25, -0.2) is 0 Å². The van der Waals surface area contributed by atoms with Crippen LogP contribution >= 0.6 is 0 Å². The third-order valence-electron chi connectivity index (χ3n) is 4.02. The quantitative estimate of drug-likeness (QED) is 0.400. The molecule has 0 saturated carbocycles. The van der Waals surface area contributed by atoms with Crippen LogP contribution in [0.25, 0.3) is 0 Å². The summed E-state index contributed by atoms with van der Waals surface area (Å²) in [6, 6.07) is 5.77. The molecular formula is C18H29N3O4. The number of nitrogens with zero attached hydrogens (tertiary/aromatic N) is 1. The van der Waals surface area contributed by atoms with Gasteiger partial charge in [0, 0.05) is 45.0 Å². The molecule has 1 heterocycles. The molecule has 2 rings (SSSR count). The first-order valence-corrected chi connectivity index (χ1v) is 8.61. The number of methoxy groups -OCH3 is 2. The Morgan fingerprint density at radius 1 is 1.28 bits per heavy atom. The van der Waals surface area contributed by atoms with Gasteiger partial charge in [-0.2, -0.15) is 0 Å². The van der Waals surface area contributed by atoms with E-state index in [4.69, 9.17) is 18.9 Å². The average molecular weight is 351 g/mol. The summed E-state index contributed by atoms with van der Waals surface area (Å²) < 4.78 is 21.7. The Bertz CT molecular complexity index is 545. The normalized spacial score (nSPS) is 17.4. The zero-order chi connectivity index (χ0) is 17.9. The van der Waals surface area contributed by atoms with Gasteiger partial charge < -0.3 is 29.6 Å². The zero-order valence-electron chi connectivity index (χ0n) is 15.3. The van der Waals surface area contributed by atoms with Crippen molar-refractivity contribution >= 4 is 5.96 Å². The number of aliphatic imine (C=N–C) groups is 1. The van der Waals surface area contributed by atoms with E-state index < -0.39 is 0 Å². The van der Waals surface area contributed by atoms with E-state index in [0.717, 1.165) is 62.2 Å². The molecule has 25 heavy (non-hydrogen) atoms. The number of hydrogen-bond donors (Lipinski definition) is 2. The van der Waals surface area contributed by atoms with Gasteiger partial charge in [0.05, 0.1) is 26.9 Å². The summed E-state index contributed by atoms with van der Waals surface area (Å²) in [6.45, 7) is 3.68. The van der Waals surface area contributed by atoms with Gasteiger partial charge in [0.15, 0.2) is 5.96 Å². The van der Waals surface area contributed by atoms with Crippen molar-refractivity contribution in [2.45, 2.75) is 25.5 Å². The molecule has 7 heteroatoms. The molecule has 0 radical (unpaired) electrons. The van der Waals surface area contributed by atoms with E-state index in [1.807, 2.05) is 18.2 Å². The number of rotatable bonds is 9. The van der Waals surface area contributed by atoms with Crippen LogP contribution in [0.2, 0.25) is 0 Å². The Balaban J connectivity index is 1.69. The van der Waals surface area contributed by atoms with E-state index >= 15 is 0 Å². The summed E-state index contributed by atoms with van der Waals surface area (Å²) >= 11 is 0. The third kappa shape index (κ3) is 6.43. The molecule has 2 N–H and O–H groups in total. The molecule has 0 spiro atoms. The van der Waals surface area contributed by atoms with Crippen LogP contribution in [0.15, 0.2) is 23.2 Å². The van der Waals surface area contributed by atoms with Crippen LogP contribution in [-0.2, 0) is 16.0 Å². The molecule has 0 aromatic heterocycles. The second-order valence-corrected chi connectivity index (χ2v) is 5.74. The topological polar surface area (TPSA) is 73.3 Å². The van der Waals surface area contributed by atoms with Crippen LogP contribution in [0.3, 0.4) is 0 Å². The Hall–Kier alpha value is -1.99. The molecule has 1 aliphatic rings. The molecule has 1 aliphatic heterocycles. The summed E-state index contributed by atoms with van der Waals surface area (Å²) in [5.74, 6) is 2.31. The number of hydrogen-bond acceptors (Lipinski definition) is 5. The summed E-state index contributed by atoms with van der Waals surface area (Å²) in [4.78, 5) is 4.24. The maximum absolute atomic E-state index is 5.75. The minimum atomic E-state index is 0.264. The highest BCUT2D eigenvalue weighted by atomic mass is 16.5. The van der Waals surface area contributed by atoms with Crippen molar-refractivity contribution in [2.24, 2.45) is 4.99 Å². The lowest BCUT2D eigenvalue weighted by Crippen LogP contribution is -2.37. The van der Waals surface area contributed by atoms with Crippen LogP contribution < -0.4 is 20.1 Å². The maximum atomic E-state index is 5.75. The van der Waals surface area contributed by atoms with Crippen molar-refractivity contribution < 1.29 is 18.9 Å². The first kappa shape index (κ1) is 19.3. The second-order valence-electron chi connectivity index (χ2n) is 5.74. The Morgan fingerprint density at radius 2 is 2.16 bits per heavy atom. The summed E-state index contributed by atoms with van der Waals surface area (Å²) in [5, 5.41) is 6.57. The van der Waals surface area contributed by atoms with Crippen LogP contribution in [0.4, 0.5) is 0 Å². The predicted octanol–water partition coefficient (Wildman–Crippen LogP) is 1.56.